The highest BCUT2D eigenvalue weighted by Crippen LogP contribution is 2.36. The Kier molecular flexibility index (Phi) is 2.71. The Balaban J connectivity index is 3.22. The molecule has 5 heteroatoms. The zero-order valence-corrected chi connectivity index (χ0v) is 7.47. The van der Waals surface area contributed by atoms with Gasteiger partial charge in [0, 0.05) is 6.04 Å². The van der Waals surface area contributed by atoms with Gasteiger partial charge in [-0.05, 0) is 24.6 Å². The highest BCUT2D eigenvalue weighted by atomic mass is 19.4. The number of aromatic hydroxyl groups is 1. The van der Waals surface area contributed by atoms with Crippen LogP contribution in [-0.4, -0.2) is 5.11 Å². The van der Waals surface area contributed by atoms with E-state index in [1.807, 2.05) is 0 Å². The SMILES string of the molecule is CC(N)c1ccc(O)c(C(F)(F)F)c1. The normalized spacial score (nSPS) is 14.1. The van der Waals surface area contributed by atoms with E-state index in [2.05, 4.69) is 0 Å². The monoisotopic (exact) mass is 205 g/mol. The number of halogens is 3. The zero-order chi connectivity index (χ0) is 10.9. The van der Waals surface area contributed by atoms with Gasteiger partial charge in [-0.15, -0.1) is 0 Å². The Morgan fingerprint density at radius 2 is 1.93 bits per heavy atom. The molecule has 3 N–H and O–H groups in total. The van der Waals surface area contributed by atoms with Gasteiger partial charge in [-0.1, -0.05) is 6.07 Å². The lowest BCUT2D eigenvalue weighted by Crippen LogP contribution is -2.09. The number of benzene rings is 1. The maximum absolute atomic E-state index is 12.3. The first-order valence-corrected chi connectivity index (χ1v) is 3.98. The minimum Gasteiger partial charge on any atom is -0.507 e. The summed E-state index contributed by atoms with van der Waals surface area (Å²) in [7, 11) is 0. The van der Waals surface area contributed by atoms with Crippen LogP contribution in [0.3, 0.4) is 0 Å². The van der Waals surface area contributed by atoms with Gasteiger partial charge in [-0.3, -0.25) is 0 Å². The van der Waals surface area contributed by atoms with Gasteiger partial charge in [0.15, 0.2) is 0 Å². The fraction of sp³-hybridized carbons (Fsp3) is 0.333. The lowest BCUT2D eigenvalue weighted by atomic mass is 10.0. The van der Waals surface area contributed by atoms with Crippen LogP contribution in [0.25, 0.3) is 0 Å². The van der Waals surface area contributed by atoms with Crippen LogP contribution < -0.4 is 5.73 Å². The number of alkyl halides is 3. The molecular weight excluding hydrogens is 195 g/mol. The topological polar surface area (TPSA) is 46.2 Å². The van der Waals surface area contributed by atoms with Gasteiger partial charge in [0.2, 0.25) is 0 Å². The van der Waals surface area contributed by atoms with Gasteiger partial charge in [0.05, 0.1) is 5.56 Å². The van der Waals surface area contributed by atoms with Crippen LogP contribution in [0.5, 0.6) is 5.75 Å². The van der Waals surface area contributed by atoms with Crippen molar-refractivity contribution >= 4 is 0 Å². The second-order valence-corrected chi connectivity index (χ2v) is 3.06. The van der Waals surface area contributed by atoms with Crippen molar-refractivity contribution in [2.24, 2.45) is 5.73 Å². The molecule has 0 saturated carbocycles. The molecule has 0 saturated heterocycles. The quantitative estimate of drug-likeness (QED) is 0.739. The molecule has 0 fully saturated rings. The predicted molar refractivity (Wildman–Crippen MR) is 45.7 cm³/mol. The summed E-state index contributed by atoms with van der Waals surface area (Å²) in [5.41, 5.74) is 4.72. The van der Waals surface area contributed by atoms with Gasteiger partial charge < -0.3 is 10.8 Å². The first kappa shape index (κ1) is 10.8. The molecule has 0 aromatic heterocycles. The van der Waals surface area contributed by atoms with E-state index >= 15 is 0 Å². The molecule has 0 bridgehead atoms. The van der Waals surface area contributed by atoms with E-state index < -0.39 is 23.5 Å². The Bertz CT molecular complexity index is 333. The summed E-state index contributed by atoms with van der Waals surface area (Å²) in [5, 5.41) is 8.99. The van der Waals surface area contributed by atoms with E-state index in [0.29, 0.717) is 5.56 Å². The Labute approximate surface area is 79.2 Å². The molecule has 1 aromatic carbocycles. The summed E-state index contributed by atoms with van der Waals surface area (Å²) < 4.78 is 36.9. The van der Waals surface area contributed by atoms with E-state index in [1.54, 1.807) is 6.92 Å². The van der Waals surface area contributed by atoms with Crippen molar-refractivity contribution in [1.29, 1.82) is 0 Å². The Hall–Kier alpha value is -1.23. The van der Waals surface area contributed by atoms with Crippen LogP contribution >= 0.6 is 0 Å². The van der Waals surface area contributed by atoms with Gasteiger partial charge in [0.1, 0.15) is 5.75 Å². The molecule has 0 aliphatic rings. The van der Waals surface area contributed by atoms with Crippen molar-refractivity contribution in [3.63, 3.8) is 0 Å². The number of hydrogen-bond acceptors (Lipinski definition) is 2. The molecule has 2 nitrogen and oxygen atoms in total. The largest absolute Gasteiger partial charge is 0.507 e. The maximum Gasteiger partial charge on any atom is 0.419 e. The third-order valence-corrected chi connectivity index (χ3v) is 1.85. The molecule has 1 atom stereocenters. The molecule has 0 amide bonds. The third kappa shape index (κ3) is 2.17. The number of nitrogens with two attached hydrogens (primary N) is 1. The highest BCUT2D eigenvalue weighted by Gasteiger charge is 2.34. The average Bonchev–Trinajstić information content (AvgIpc) is 2.02. The molecule has 1 unspecified atom stereocenters. The number of rotatable bonds is 1. The summed E-state index contributed by atoms with van der Waals surface area (Å²) in [4.78, 5) is 0. The smallest absolute Gasteiger partial charge is 0.419 e. The van der Waals surface area contributed by atoms with E-state index in [4.69, 9.17) is 10.8 Å². The summed E-state index contributed by atoms with van der Waals surface area (Å²) in [6, 6.07) is 2.74. The van der Waals surface area contributed by atoms with Crippen molar-refractivity contribution in [2.75, 3.05) is 0 Å². The van der Waals surface area contributed by atoms with Crippen LogP contribution in [0.2, 0.25) is 0 Å². The predicted octanol–water partition coefficient (Wildman–Crippen LogP) is 2.43. The van der Waals surface area contributed by atoms with E-state index in [0.717, 1.165) is 12.1 Å². The summed E-state index contributed by atoms with van der Waals surface area (Å²) >= 11 is 0. The fourth-order valence-electron chi connectivity index (χ4n) is 1.06. The molecule has 78 valence electrons. The molecule has 1 rings (SSSR count). The van der Waals surface area contributed by atoms with E-state index in [-0.39, 0.29) is 0 Å². The molecule has 0 heterocycles. The molecule has 0 aliphatic heterocycles. The Morgan fingerprint density at radius 1 is 1.36 bits per heavy atom. The first-order valence-electron chi connectivity index (χ1n) is 3.98. The van der Waals surface area contributed by atoms with Crippen LogP contribution in [0.1, 0.15) is 24.1 Å². The maximum atomic E-state index is 12.3. The van der Waals surface area contributed by atoms with E-state index in [9.17, 15) is 13.2 Å². The van der Waals surface area contributed by atoms with Crippen LogP contribution in [-0.2, 0) is 6.18 Å². The van der Waals surface area contributed by atoms with Gasteiger partial charge in [-0.25, -0.2) is 0 Å². The van der Waals surface area contributed by atoms with Crippen LogP contribution in [0.15, 0.2) is 18.2 Å². The van der Waals surface area contributed by atoms with Crippen molar-refractivity contribution in [3.05, 3.63) is 29.3 Å². The van der Waals surface area contributed by atoms with Crippen LogP contribution in [0, 0.1) is 0 Å². The van der Waals surface area contributed by atoms with Gasteiger partial charge in [0.25, 0.3) is 0 Å². The summed E-state index contributed by atoms with van der Waals surface area (Å²) in [5.74, 6) is -0.776. The second-order valence-electron chi connectivity index (χ2n) is 3.06. The number of hydrogen-bond donors (Lipinski definition) is 2. The highest BCUT2D eigenvalue weighted by molar-refractivity contribution is 5.39. The molecule has 0 radical (unpaired) electrons. The summed E-state index contributed by atoms with van der Waals surface area (Å²) in [6.45, 7) is 1.58. The zero-order valence-electron chi connectivity index (χ0n) is 7.47. The summed E-state index contributed by atoms with van der Waals surface area (Å²) in [6.07, 6.45) is -4.55. The minimum atomic E-state index is -4.55. The van der Waals surface area contributed by atoms with Gasteiger partial charge >= 0.3 is 6.18 Å². The van der Waals surface area contributed by atoms with Crippen molar-refractivity contribution in [2.45, 2.75) is 19.1 Å². The lowest BCUT2D eigenvalue weighted by Gasteiger charge is -2.12. The van der Waals surface area contributed by atoms with Gasteiger partial charge in [-0.2, -0.15) is 13.2 Å². The molecule has 0 aliphatic carbocycles. The molecule has 0 spiro atoms. The number of phenols is 1. The fourth-order valence-corrected chi connectivity index (χ4v) is 1.06. The van der Waals surface area contributed by atoms with Crippen molar-refractivity contribution in [3.8, 4) is 5.75 Å². The van der Waals surface area contributed by atoms with E-state index in [1.165, 1.54) is 6.07 Å². The van der Waals surface area contributed by atoms with Crippen molar-refractivity contribution in [1.82, 2.24) is 0 Å². The molecular formula is C9H10F3NO. The van der Waals surface area contributed by atoms with Crippen LogP contribution in [0.4, 0.5) is 13.2 Å². The number of phenolic OH excluding ortho intramolecular Hbond substituents is 1. The second kappa shape index (κ2) is 3.49. The average molecular weight is 205 g/mol. The van der Waals surface area contributed by atoms with Crippen molar-refractivity contribution < 1.29 is 18.3 Å². The standard InChI is InChI=1S/C9H10F3NO/c1-5(13)6-2-3-8(14)7(4-6)9(10,11)12/h2-5,14H,13H2,1H3. The molecule has 1 aromatic rings. The first-order chi connectivity index (χ1) is 6.32. The lowest BCUT2D eigenvalue weighted by molar-refractivity contribution is -0.138. The minimum absolute atomic E-state index is 0.343. The third-order valence-electron chi connectivity index (χ3n) is 1.85. The Morgan fingerprint density at radius 3 is 2.36 bits per heavy atom. The molecule has 14 heavy (non-hydrogen) atoms.